The Morgan fingerprint density at radius 1 is 0.703 bits per heavy atom. The van der Waals surface area contributed by atoms with Gasteiger partial charge in [0.05, 0.1) is 0 Å². The standard InChI is InChI=1S/2C12H28O2Si.C4H12O2Si/c1-10(2)8-9-11(12(3,4)5)15(13-6)14-7;1-8-11(2)9-15(13-6,14-7)10-12(3,4)5;1-5-7(3,4)6-2/h10-11,15H,8-9H2,1-7H3;11H,8-10H2,1-7H3;1-4H3. The van der Waals surface area contributed by atoms with Gasteiger partial charge in [0.25, 0.3) is 0 Å². The van der Waals surface area contributed by atoms with Gasteiger partial charge in [-0.1, -0.05) is 82.1 Å². The summed E-state index contributed by atoms with van der Waals surface area (Å²) in [5.41, 5.74) is 1.17. The van der Waals surface area contributed by atoms with Crippen molar-refractivity contribution in [3.63, 3.8) is 0 Å². The molecule has 0 aromatic carbocycles. The van der Waals surface area contributed by atoms with Crippen LogP contribution >= 0.6 is 0 Å². The minimum absolute atomic E-state index is 0.283. The van der Waals surface area contributed by atoms with Crippen LogP contribution in [0, 0.1) is 22.7 Å². The fourth-order valence-corrected chi connectivity index (χ4v) is 10.1. The summed E-state index contributed by atoms with van der Waals surface area (Å²) in [6.45, 7) is 26.7. The molecule has 0 saturated carbocycles. The van der Waals surface area contributed by atoms with Gasteiger partial charge >= 0.3 is 26.4 Å². The number of hydrogen-bond donors (Lipinski definition) is 0. The Morgan fingerprint density at radius 3 is 1.35 bits per heavy atom. The van der Waals surface area contributed by atoms with Crippen LogP contribution < -0.4 is 0 Å². The largest absolute Gasteiger partial charge is 0.400 e. The van der Waals surface area contributed by atoms with E-state index in [2.05, 4.69) is 69.2 Å². The Hall–Kier alpha value is 0.411. The molecule has 0 fully saturated rings. The molecular formula is C28H68O6Si3. The summed E-state index contributed by atoms with van der Waals surface area (Å²) in [6.07, 6.45) is 3.68. The molecular weight excluding hydrogens is 517 g/mol. The van der Waals surface area contributed by atoms with Gasteiger partial charge in [-0.15, -0.1) is 0 Å². The van der Waals surface area contributed by atoms with E-state index < -0.39 is 26.4 Å². The summed E-state index contributed by atoms with van der Waals surface area (Å²) < 4.78 is 32.6. The fourth-order valence-electron chi connectivity index (χ4n) is 3.95. The normalized spacial score (nSPS) is 14.6. The molecule has 0 rings (SSSR count). The van der Waals surface area contributed by atoms with Crippen molar-refractivity contribution in [1.82, 2.24) is 0 Å². The van der Waals surface area contributed by atoms with Crippen LogP contribution in [-0.2, 0) is 26.6 Å². The zero-order valence-corrected chi connectivity index (χ0v) is 31.4. The van der Waals surface area contributed by atoms with Gasteiger partial charge in [-0.2, -0.15) is 0 Å². The molecule has 2 atom stereocenters. The van der Waals surface area contributed by atoms with Crippen LogP contribution in [0.3, 0.4) is 0 Å². The molecule has 0 aromatic heterocycles. The highest BCUT2D eigenvalue weighted by Crippen LogP contribution is 2.38. The van der Waals surface area contributed by atoms with Crippen molar-refractivity contribution in [2.45, 2.75) is 119 Å². The fraction of sp³-hybridized carbons (Fsp3) is 1.00. The van der Waals surface area contributed by atoms with Gasteiger partial charge < -0.3 is 26.6 Å². The average molecular weight is 585 g/mol. The van der Waals surface area contributed by atoms with Crippen molar-refractivity contribution in [3.8, 4) is 0 Å². The SMILES string of the molecule is CCC(C)C[Si](CC(C)(C)C)(OC)OC.CO[SiH](OC)C(CCC(C)C)C(C)(C)C.CO[Si](C)(C)OC. The minimum atomic E-state index is -1.96. The Morgan fingerprint density at radius 2 is 1.14 bits per heavy atom. The second-order valence-electron chi connectivity index (χ2n) is 13.4. The summed E-state index contributed by atoms with van der Waals surface area (Å²) in [5.74, 6) is 1.46. The van der Waals surface area contributed by atoms with E-state index >= 15 is 0 Å². The van der Waals surface area contributed by atoms with Gasteiger partial charge in [-0.3, -0.25) is 0 Å². The molecule has 0 aliphatic heterocycles. The number of rotatable bonds is 14. The van der Waals surface area contributed by atoms with E-state index in [1.807, 2.05) is 27.3 Å². The summed E-state index contributed by atoms with van der Waals surface area (Å²) in [6, 6.07) is 2.17. The van der Waals surface area contributed by atoms with Crippen molar-refractivity contribution in [3.05, 3.63) is 0 Å². The zero-order valence-electron chi connectivity index (χ0n) is 28.3. The molecule has 0 radical (unpaired) electrons. The number of hydrogen-bond acceptors (Lipinski definition) is 6. The van der Waals surface area contributed by atoms with Crippen LogP contribution in [0.5, 0.6) is 0 Å². The smallest absolute Gasteiger partial charge is 0.338 e. The van der Waals surface area contributed by atoms with Crippen molar-refractivity contribution < 1.29 is 26.6 Å². The Labute approximate surface area is 237 Å². The van der Waals surface area contributed by atoms with Gasteiger partial charge in [-0.25, -0.2) is 0 Å². The molecule has 0 bridgehead atoms. The molecule has 6 nitrogen and oxygen atoms in total. The van der Waals surface area contributed by atoms with E-state index in [0.717, 1.165) is 18.0 Å². The molecule has 0 aliphatic rings. The van der Waals surface area contributed by atoms with E-state index in [-0.39, 0.29) is 10.8 Å². The summed E-state index contributed by atoms with van der Waals surface area (Å²) >= 11 is 0. The first-order chi connectivity index (χ1) is 16.7. The molecule has 37 heavy (non-hydrogen) atoms. The third-order valence-electron chi connectivity index (χ3n) is 6.84. The molecule has 0 spiro atoms. The highest BCUT2D eigenvalue weighted by Gasteiger charge is 2.40. The third-order valence-corrected chi connectivity index (χ3v) is 16.1. The maximum atomic E-state index is 5.75. The molecule has 0 aliphatic carbocycles. The van der Waals surface area contributed by atoms with Gasteiger partial charge in [0.15, 0.2) is 0 Å². The third kappa shape index (κ3) is 21.9. The van der Waals surface area contributed by atoms with Gasteiger partial charge in [0.1, 0.15) is 0 Å². The lowest BCUT2D eigenvalue weighted by molar-refractivity contribution is 0.217. The van der Waals surface area contributed by atoms with E-state index in [4.69, 9.17) is 26.6 Å². The first-order valence-corrected chi connectivity index (χ1v) is 20.6. The van der Waals surface area contributed by atoms with E-state index in [9.17, 15) is 0 Å². The minimum Gasteiger partial charge on any atom is -0.400 e. The maximum absolute atomic E-state index is 5.75. The zero-order chi connectivity index (χ0) is 30.1. The van der Waals surface area contributed by atoms with Gasteiger partial charge in [-0.05, 0) is 54.3 Å². The monoisotopic (exact) mass is 584 g/mol. The van der Waals surface area contributed by atoms with Crippen LogP contribution in [-0.4, -0.2) is 69.1 Å². The predicted octanol–water partition coefficient (Wildman–Crippen LogP) is 8.15. The lowest BCUT2D eigenvalue weighted by atomic mass is 9.87. The molecule has 2 unspecified atom stereocenters. The van der Waals surface area contributed by atoms with Crippen LogP contribution in [0.25, 0.3) is 0 Å². The average Bonchev–Trinajstić information content (AvgIpc) is 2.80. The van der Waals surface area contributed by atoms with Crippen LogP contribution in [0.2, 0.25) is 30.7 Å². The second-order valence-corrected chi connectivity index (χ2v) is 22.9. The molecule has 0 aromatic rings. The highest BCUT2D eigenvalue weighted by atomic mass is 28.4. The van der Waals surface area contributed by atoms with Gasteiger partial charge in [0.2, 0.25) is 0 Å². The molecule has 0 N–H and O–H groups in total. The van der Waals surface area contributed by atoms with Crippen molar-refractivity contribution in [1.29, 1.82) is 0 Å². The Balaban J connectivity index is -0.000000501. The lowest BCUT2D eigenvalue weighted by Gasteiger charge is -2.35. The van der Waals surface area contributed by atoms with Crippen LogP contribution in [0.1, 0.15) is 88.5 Å². The predicted molar refractivity (Wildman–Crippen MR) is 168 cm³/mol. The highest BCUT2D eigenvalue weighted by molar-refractivity contribution is 6.67. The molecule has 0 heterocycles. The molecule has 228 valence electrons. The maximum Gasteiger partial charge on any atom is 0.338 e. The summed E-state index contributed by atoms with van der Waals surface area (Å²) in [5, 5.41) is 0. The first-order valence-electron chi connectivity index (χ1n) is 14.0. The van der Waals surface area contributed by atoms with Crippen molar-refractivity contribution >= 4 is 26.4 Å². The molecule has 9 heteroatoms. The lowest BCUT2D eigenvalue weighted by Crippen LogP contribution is -2.44. The Bertz CT molecular complexity index is 519. The van der Waals surface area contributed by atoms with E-state index in [0.29, 0.717) is 11.5 Å². The Kier molecular flexibility index (Phi) is 23.0. The second kappa shape index (κ2) is 20.3. The van der Waals surface area contributed by atoms with E-state index in [1.165, 1.54) is 19.3 Å². The molecule has 0 amide bonds. The van der Waals surface area contributed by atoms with Crippen molar-refractivity contribution in [2.24, 2.45) is 22.7 Å². The summed E-state index contributed by atoms with van der Waals surface area (Å²) in [4.78, 5) is 0. The van der Waals surface area contributed by atoms with Crippen LogP contribution in [0.4, 0.5) is 0 Å². The van der Waals surface area contributed by atoms with Crippen molar-refractivity contribution in [2.75, 3.05) is 42.7 Å². The van der Waals surface area contributed by atoms with Gasteiger partial charge in [0, 0.05) is 48.2 Å². The first kappa shape index (κ1) is 41.9. The summed E-state index contributed by atoms with van der Waals surface area (Å²) in [7, 11) is 5.44. The molecule has 0 saturated heterocycles. The van der Waals surface area contributed by atoms with E-state index in [1.54, 1.807) is 28.4 Å². The quantitative estimate of drug-likeness (QED) is 0.192. The topological polar surface area (TPSA) is 55.4 Å². The van der Waals surface area contributed by atoms with Crippen LogP contribution in [0.15, 0.2) is 0 Å².